The van der Waals surface area contributed by atoms with Gasteiger partial charge in [-0.2, -0.15) is 0 Å². The highest BCUT2D eigenvalue weighted by molar-refractivity contribution is 6.29. The molecule has 0 fully saturated rings. The molecule has 0 radical (unpaired) electrons. The molecule has 0 unspecified atom stereocenters. The molecular weight excluding hydrogens is 371 g/mol. The summed E-state index contributed by atoms with van der Waals surface area (Å²) >= 11 is 5.68. The zero-order chi connectivity index (χ0) is 19.6. The zero-order valence-corrected chi connectivity index (χ0v) is 15.5. The normalized spacial score (nSPS) is 10.7. The highest BCUT2D eigenvalue weighted by Crippen LogP contribution is 2.21. The molecule has 2 aromatic heterocycles. The highest BCUT2D eigenvalue weighted by Gasteiger charge is 2.18. The number of rotatable bonds is 5. The van der Waals surface area contributed by atoms with E-state index < -0.39 is 12.6 Å². The van der Waals surface area contributed by atoms with E-state index in [2.05, 4.69) is 4.98 Å². The second kappa shape index (κ2) is 7.72. The summed E-state index contributed by atoms with van der Waals surface area (Å²) in [5, 5.41) is 0.260. The molecule has 0 atom stereocenters. The maximum absolute atomic E-state index is 13.2. The van der Waals surface area contributed by atoms with Crippen molar-refractivity contribution in [2.45, 2.75) is 13.8 Å². The van der Waals surface area contributed by atoms with Crippen molar-refractivity contribution >= 4 is 23.4 Å². The number of ether oxygens (including phenoxy) is 1. The monoisotopic (exact) mass is 386 g/mol. The molecule has 0 bridgehead atoms. The first-order chi connectivity index (χ1) is 12.9. The van der Waals surface area contributed by atoms with Gasteiger partial charge in [-0.05, 0) is 56.3 Å². The summed E-state index contributed by atoms with van der Waals surface area (Å²) < 4.78 is 20.1. The van der Waals surface area contributed by atoms with Crippen LogP contribution in [0.2, 0.25) is 5.15 Å². The molecule has 0 aliphatic heterocycles. The number of aromatic nitrogens is 2. The predicted octanol–water partition coefficient (Wildman–Crippen LogP) is 4.32. The van der Waals surface area contributed by atoms with Gasteiger partial charge in [-0.3, -0.25) is 4.79 Å². The average molecular weight is 387 g/mol. The molecule has 7 heteroatoms. The summed E-state index contributed by atoms with van der Waals surface area (Å²) in [6.07, 6.45) is 1.29. The van der Waals surface area contributed by atoms with Crippen LogP contribution in [0.5, 0.6) is 0 Å². The third kappa shape index (κ3) is 4.06. The molecule has 0 saturated carbocycles. The fourth-order valence-corrected chi connectivity index (χ4v) is 2.93. The van der Waals surface area contributed by atoms with E-state index in [1.165, 1.54) is 30.5 Å². The lowest BCUT2D eigenvalue weighted by molar-refractivity contribution is 0.0474. The Kier molecular flexibility index (Phi) is 5.37. The molecule has 3 rings (SSSR count). The van der Waals surface area contributed by atoms with Gasteiger partial charge in [0.15, 0.2) is 6.61 Å². The van der Waals surface area contributed by atoms with Gasteiger partial charge in [-0.15, -0.1) is 0 Å². The van der Waals surface area contributed by atoms with Crippen LogP contribution in [0.15, 0.2) is 48.7 Å². The minimum atomic E-state index is -0.653. The summed E-state index contributed by atoms with van der Waals surface area (Å²) in [7, 11) is 0. The van der Waals surface area contributed by atoms with E-state index in [4.69, 9.17) is 16.3 Å². The third-order valence-electron chi connectivity index (χ3n) is 4.11. The Hall–Kier alpha value is -2.99. The first-order valence-electron chi connectivity index (χ1n) is 8.13. The molecule has 0 aliphatic carbocycles. The van der Waals surface area contributed by atoms with Gasteiger partial charge < -0.3 is 9.30 Å². The molecule has 0 saturated heterocycles. The van der Waals surface area contributed by atoms with Gasteiger partial charge in [-0.1, -0.05) is 11.6 Å². The van der Waals surface area contributed by atoms with Crippen molar-refractivity contribution in [3.05, 3.63) is 82.1 Å². The fraction of sp³-hybridized carbons (Fsp3) is 0.150. The van der Waals surface area contributed by atoms with Crippen LogP contribution >= 0.6 is 11.6 Å². The number of halogens is 2. The Labute approximate surface area is 160 Å². The van der Waals surface area contributed by atoms with Gasteiger partial charge in [0, 0.05) is 28.8 Å². The fourth-order valence-electron chi connectivity index (χ4n) is 2.82. The molecule has 0 amide bonds. The first-order valence-corrected chi connectivity index (χ1v) is 8.51. The second-order valence-corrected chi connectivity index (χ2v) is 6.35. The van der Waals surface area contributed by atoms with E-state index >= 15 is 0 Å². The van der Waals surface area contributed by atoms with Crippen LogP contribution in [-0.2, 0) is 4.74 Å². The Bertz CT molecular complexity index is 995. The van der Waals surface area contributed by atoms with Gasteiger partial charge in [0.1, 0.15) is 11.0 Å². The molecule has 0 N–H and O–H groups in total. The largest absolute Gasteiger partial charge is 0.454 e. The van der Waals surface area contributed by atoms with Crippen molar-refractivity contribution < 1.29 is 18.7 Å². The minimum Gasteiger partial charge on any atom is -0.454 e. The number of pyridine rings is 1. The van der Waals surface area contributed by atoms with Gasteiger partial charge in [0.25, 0.3) is 0 Å². The number of ketones is 1. The highest BCUT2D eigenvalue weighted by atomic mass is 35.5. The van der Waals surface area contributed by atoms with Crippen molar-refractivity contribution in [1.82, 2.24) is 9.55 Å². The van der Waals surface area contributed by atoms with E-state index in [0.717, 1.165) is 11.4 Å². The van der Waals surface area contributed by atoms with Crippen LogP contribution < -0.4 is 0 Å². The number of aryl methyl sites for hydroxylation is 1. The lowest BCUT2D eigenvalue weighted by atomic mass is 10.1. The second-order valence-electron chi connectivity index (χ2n) is 5.97. The number of hydrogen-bond acceptors (Lipinski definition) is 4. The maximum atomic E-state index is 13.2. The average Bonchev–Trinajstić information content (AvgIpc) is 2.95. The van der Waals surface area contributed by atoms with Crippen molar-refractivity contribution in [2.24, 2.45) is 0 Å². The van der Waals surface area contributed by atoms with Crippen LogP contribution in [-0.4, -0.2) is 27.9 Å². The van der Waals surface area contributed by atoms with Crippen molar-refractivity contribution in [3.8, 4) is 5.69 Å². The minimum absolute atomic E-state index is 0.212. The van der Waals surface area contributed by atoms with Gasteiger partial charge in [0.2, 0.25) is 5.78 Å². The van der Waals surface area contributed by atoms with Gasteiger partial charge >= 0.3 is 5.97 Å². The molecule has 27 heavy (non-hydrogen) atoms. The van der Waals surface area contributed by atoms with Crippen LogP contribution in [0.1, 0.15) is 32.1 Å². The van der Waals surface area contributed by atoms with Crippen LogP contribution in [0, 0.1) is 19.7 Å². The van der Waals surface area contributed by atoms with Crippen LogP contribution in [0.4, 0.5) is 4.39 Å². The maximum Gasteiger partial charge on any atom is 0.340 e. The zero-order valence-electron chi connectivity index (χ0n) is 14.7. The van der Waals surface area contributed by atoms with Crippen molar-refractivity contribution in [2.75, 3.05) is 6.61 Å². The Morgan fingerprint density at radius 1 is 1.15 bits per heavy atom. The van der Waals surface area contributed by atoms with Crippen molar-refractivity contribution in [1.29, 1.82) is 0 Å². The third-order valence-corrected chi connectivity index (χ3v) is 4.34. The summed E-state index contributed by atoms with van der Waals surface area (Å²) in [4.78, 5) is 28.3. The molecular formula is C20H16ClFN2O3. The van der Waals surface area contributed by atoms with E-state index in [1.54, 1.807) is 25.1 Å². The Morgan fingerprint density at radius 3 is 2.48 bits per heavy atom. The summed E-state index contributed by atoms with van der Waals surface area (Å²) in [5.41, 5.74) is 2.90. The molecule has 2 heterocycles. The van der Waals surface area contributed by atoms with E-state index in [9.17, 15) is 14.0 Å². The number of hydrogen-bond donors (Lipinski definition) is 0. The number of Topliss-reactive ketones (excluding diaryl/α,β-unsaturated/α-hetero) is 1. The van der Waals surface area contributed by atoms with Crippen LogP contribution in [0.25, 0.3) is 5.69 Å². The molecule has 1 aromatic carbocycles. The SMILES string of the molecule is Cc1cc(C(=O)COC(=O)c2ccc(Cl)nc2)c(C)n1-c1ccc(F)cc1. The Morgan fingerprint density at radius 2 is 1.85 bits per heavy atom. The molecule has 0 aliphatic rings. The number of benzene rings is 1. The topological polar surface area (TPSA) is 61.2 Å². The Balaban J connectivity index is 1.75. The summed E-state index contributed by atoms with van der Waals surface area (Å²) in [6.45, 7) is 3.24. The van der Waals surface area contributed by atoms with E-state index in [-0.39, 0.29) is 22.3 Å². The van der Waals surface area contributed by atoms with Crippen molar-refractivity contribution in [3.63, 3.8) is 0 Å². The smallest absolute Gasteiger partial charge is 0.340 e. The number of esters is 1. The van der Waals surface area contributed by atoms with E-state index in [0.29, 0.717) is 11.3 Å². The van der Waals surface area contributed by atoms with Gasteiger partial charge in [-0.25, -0.2) is 14.2 Å². The molecule has 138 valence electrons. The van der Waals surface area contributed by atoms with Crippen LogP contribution in [0.3, 0.4) is 0 Å². The standard InChI is InChI=1S/C20H16ClFN2O3/c1-12-9-17(13(2)24(12)16-6-4-15(22)5-7-16)18(25)11-27-20(26)14-3-8-19(21)23-10-14/h3-10H,11H2,1-2H3. The predicted molar refractivity (Wildman–Crippen MR) is 99.1 cm³/mol. The summed E-state index contributed by atoms with van der Waals surface area (Å²) in [5.74, 6) is -1.31. The lowest BCUT2D eigenvalue weighted by Crippen LogP contribution is -2.15. The number of carbonyl (C=O) groups is 2. The molecule has 0 spiro atoms. The number of carbonyl (C=O) groups excluding carboxylic acids is 2. The quantitative estimate of drug-likeness (QED) is 0.372. The lowest BCUT2D eigenvalue weighted by Gasteiger charge is -2.10. The molecule has 5 nitrogen and oxygen atoms in total. The molecule has 3 aromatic rings. The number of nitrogens with zero attached hydrogens (tertiary/aromatic N) is 2. The first kappa shape index (κ1) is 18.8. The van der Waals surface area contributed by atoms with Gasteiger partial charge in [0.05, 0.1) is 5.56 Å². The summed E-state index contributed by atoms with van der Waals surface area (Å²) in [6, 6.07) is 10.7. The van der Waals surface area contributed by atoms with E-state index in [1.807, 2.05) is 11.5 Å².